The predicted molar refractivity (Wildman–Crippen MR) is 57.1 cm³/mol. The van der Waals surface area contributed by atoms with E-state index in [1.807, 2.05) is 0 Å². The van der Waals surface area contributed by atoms with Crippen molar-refractivity contribution in [1.82, 2.24) is 15.3 Å². The summed E-state index contributed by atoms with van der Waals surface area (Å²) in [5, 5.41) is 3.32. The summed E-state index contributed by atoms with van der Waals surface area (Å²) >= 11 is 0. The SMILES string of the molecule is O=Cc1cnc(N2CCCNCC2)cn1. The maximum Gasteiger partial charge on any atom is 0.170 e. The van der Waals surface area contributed by atoms with Crippen LogP contribution in [-0.2, 0) is 0 Å². The number of carbonyl (C=O) groups excluding carboxylic acids is 1. The summed E-state index contributed by atoms with van der Waals surface area (Å²) in [6.07, 6.45) is 4.99. The molecule has 15 heavy (non-hydrogen) atoms. The number of nitrogens with zero attached hydrogens (tertiary/aromatic N) is 3. The summed E-state index contributed by atoms with van der Waals surface area (Å²) in [5.41, 5.74) is 0.381. The van der Waals surface area contributed by atoms with Crippen molar-refractivity contribution in [2.24, 2.45) is 0 Å². The lowest BCUT2D eigenvalue weighted by Gasteiger charge is -2.20. The lowest BCUT2D eigenvalue weighted by Crippen LogP contribution is -2.28. The number of nitrogens with one attached hydrogen (secondary N) is 1. The number of rotatable bonds is 2. The minimum Gasteiger partial charge on any atom is -0.354 e. The van der Waals surface area contributed by atoms with Crippen LogP contribution in [0.1, 0.15) is 16.9 Å². The standard InChI is InChI=1S/C10H14N4O/c15-8-9-6-13-10(7-12-9)14-4-1-2-11-3-5-14/h6-8,11H,1-5H2. The van der Waals surface area contributed by atoms with Gasteiger partial charge in [-0.05, 0) is 13.0 Å². The van der Waals surface area contributed by atoms with E-state index in [4.69, 9.17) is 0 Å². The zero-order valence-electron chi connectivity index (χ0n) is 8.52. The van der Waals surface area contributed by atoms with Gasteiger partial charge in [0.25, 0.3) is 0 Å². The fourth-order valence-corrected chi connectivity index (χ4v) is 1.63. The van der Waals surface area contributed by atoms with Crippen molar-refractivity contribution in [3.63, 3.8) is 0 Å². The largest absolute Gasteiger partial charge is 0.354 e. The van der Waals surface area contributed by atoms with Gasteiger partial charge in [0.05, 0.1) is 12.4 Å². The van der Waals surface area contributed by atoms with Crippen LogP contribution in [0.4, 0.5) is 5.82 Å². The van der Waals surface area contributed by atoms with Gasteiger partial charge in [0.1, 0.15) is 11.5 Å². The monoisotopic (exact) mass is 206 g/mol. The Hall–Kier alpha value is -1.49. The molecule has 1 aliphatic heterocycles. The second-order valence-corrected chi connectivity index (χ2v) is 3.51. The molecule has 1 aromatic heterocycles. The van der Waals surface area contributed by atoms with E-state index in [-0.39, 0.29) is 0 Å². The van der Waals surface area contributed by atoms with Gasteiger partial charge < -0.3 is 10.2 Å². The summed E-state index contributed by atoms with van der Waals surface area (Å²) < 4.78 is 0. The Morgan fingerprint density at radius 3 is 2.93 bits per heavy atom. The molecule has 1 N–H and O–H groups in total. The van der Waals surface area contributed by atoms with Crippen LogP contribution in [-0.4, -0.2) is 42.4 Å². The van der Waals surface area contributed by atoms with E-state index in [0.29, 0.717) is 12.0 Å². The maximum absolute atomic E-state index is 10.4. The molecule has 2 heterocycles. The molecule has 1 fully saturated rings. The van der Waals surface area contributed by atoms with Crippen molar-refractivity contribution in [2.45, 2.75) is 6.42 Å². The smallest absolute Gasteiger partial charge is 0.170 e. The van der Waals surface area contributed by atoms with Crippen LogP contribution in [0.25, 0.3) is 0 Å². The van der Waals surface area contributed by atoms with E-state index in [1.54, 1.807) is 6.20 Å². The van der Waals surface area contributed by atoms with Crippen LogP contribution in [0.2, 0.25) is 0 Å². The Bertz CT molecular complexity index is 317. The molecule has 0 amide bonds. The highest BCUT2D eigenvalue weighted by molar-refractivity contribution is 5.71. The Kier molecular flexibility index (Phi) is 3.24. The van der Waals surface area contributed by atoms with Gasteiger partial charge in [-0.25, -0.2) is 9.97 Å². The third kappa shape index (κ3) is 2.50. The van der Waals surface area contributed by atoms with Crippen molar-refractivity contribution < 1.29 is 4.79 Å². The van der Waals surface area contributed by atoms with E-state index in [0.717, 1.165) is 38.4 Å². The van der Waals surface area contributed by atoms with Gasteiger partial charge in [0.15, 0.2) is 6.29 Å². The molecule has 0 radical (unpaired) electrons. The molecule has 1 saturated heterocycles. The maximum atomic E-state index is 10.4. The lowest BCUT2D eigenvalue weighted by molar-refractivity contribution is 0.111. The van der Waals surface area contributed by atoms with Gasteiger partial charge in [0, 0.05) is 19.6 Å². The van der Waals surface area contributed by atoms with Crippen LogP contribution in [0.3, 0.4) is 0 Å². The number of aromatic nitrogens is 2. The normalized spacial score (nSPS) is 17.2. The number of hydrogen-bond acceptors (Lipinski definition) is 5. The Morgan fingerprint density at radius 1 is 1.27 bits per heavy atom. The third-order valence-electron chi connectivity index (χ3n) is 2.44. The predicted octanol–water partition coefficient (Wildman–Crippen LogP) is 0.0888. The van der Waals surface area contributed by atoms with Gasteiger partial charge in [-0.2, -0.15) is 0 Å². The first kappa shape index (κ1) is 10.0. The van der Waals surface area contributed by atoms with Crippen molar-refractivity contribution in [1.29, 1.82) is 0 Å². The number of hydrogen-bond donors (Lipinski definition) is 1. The van der Waals surface area contributed by atoms with Gasteiger partial charge in [-0.3, -0.25) is 4.79 Å². The Labute approximate surface area is 88.5 Å². The average molecular weight is 206 g/mol. The quantitative estimate of drug-likeness (QED) is 0.695. The van der Waals surface area contributed by atoms with Crippen LogP contribution in [0.5, 0.6) is 0 Å². The first-order chi connectivity index (χ1) is 7.40. The number of carbonyl (C=O) groups is 1. The van der Waals surface area contributed by atoms with Crippen LogP contribution in [0.15, 0.2) is 12.4 Å². The molecule has 0 aliphatic carbocycles. The van der Waals surface area contributed by atoms with Crippen LogP contribution < -0.4 is 10.2 Å². The summed E-state index contributed by atoms with van der Waals surface area (Å²) in [7, 11) is 0. The second kappa shape index (κ2) is 4.84. The average Bonchev–Trinajstić information content (AvgIpc) is 2.58. The molecule has 1 aliphatic rings. The topological polar surface area (TPSA) is 58.1 Å². The number of aldehydes is 1. The zero-order valence-corrected chi connectivity index (χ0v) is 8.52. The summed E-state index contributed by atoms with van der Waals surface area (Å²) in [5.74, 6) is 0.851. The molecule has 0 aromatic carbocycles. The molecule has 5 nitrogen and oxygen atoms in total. The second-order valence-electron chi connectivity index (χ2n) is 3.51. The molecule has 5 heteroatoms. The van der Waals surface area contributed by atoms with Crippen molar-refractivity contribution >= 4 is 12.1 Å². The van der Waals surface area contributed by atoms with E-state index >= 15 is 0 Å². The Balaban J connectivity index is 2.09. The minimum atomic E-state index is 0.381. The van der Waals surface area contributed by atoms with Gasteiger partial charge in [0.2, 0.25) is 0 Å². The molecule has 0 atom stereocenters. The van der Waals surface area contributed by atoms with Crippen molar-refractivity contribution in [2.75, 3.05) is 31.1 Å². The molecule has 0 bridgehead atoms. The highest BCUT2D eigenvalue weighted by Gasteiger charge is 2.10. The van der Waals surface area contributed by atoms with Crippen LogP contribution >= 0.6 is 0 Å². The lowest BCUT2D eigenvalue weighted by atomic mass is 10.4. The minimum absolute atomic E-state index is 0.381. The molecule has 0 spiro atoms. The van der Waals surface area contributed by atoms with Gasteiger partial charge in [-0.15, -0.1) is 0 Å². The first-order valence-electron chi connectivity index (χ1n) is 5.13. The van der Waals surface area contributed by atoms with E-state index in [2.05, 4.69) is 20.2 Å². The molecule has 0 unspecified atom stereocenters. The summed E-state index contributed by atoms with van der Waals surface area (Å²) in [6, 6.07) is 0. The third-order valence-corrected chi connectivity index (χ3v) is 2.44. The summed E-state index contributed by atoms with van der Waals surface area (Å²) in [6.45, 7) is 3.95. The van der Waals surface area contributed by atoms with Gasteiger partial charge >= 0.3 is 0 Å². The highest BCUT2D eigenvalue weighted by atomic mass is 16.1. The molecular formula is C10H14N4O. The van der Waals surface area contributed by atoms with E-state index < -0.39 is 0 Å². The van der Waals surface area contributed by atoms with Crippen molar-refractivity contribution in [3.8, 4) is 0 Å². The summed E-state index contributed by atoms with van der Waals surface area (Å²) in [4.78, 5) is 20.8. The van der Waals surface area contributed by atoms with Gasteiger partial charge in [-0.1, -0.05) is 0 Å². The fraction of sp³-hybridized carbons (Fsp3) is 0.500. The van der Waals surface area contributed by atoms with Crippen molar-refractivity contribution in [3.05, 3.63) is 18.1 Å². The van der Waals surface area contributed by atoms with E-state index in [1.165, 1.54) is 6.20 Å². The molecule has 0 saturated carbocycles. The highest BCUT2D eigenvalue weighted by Crippen LogP contribution is 2.09. The molecule has 80 valence electrons. The van der Waals surface area contributed by atoms with Crippen LogP contribution in [0, 0.1) is 0 Å². The van der Waals surface area contributed by atoms with E-state index in [9.17, 15) is 4.79 Å². The molecule has 2 rings (SSSR count). The fourth-order valence-electron chi connectivity index (χ4n) is 1.63. The zero-order chi connectivity index (χ0) is 10.5. The first-order valence-corrected chi connectivity index (χ1v) is 5.13. The molecular weight excluding hydrogens is 192 g/mol. The number of anilines is 1. The molecule has 1 aromatic rings. The Morgan fingerprint density at radius 2 is 2.20 bits per heavy atom.